The fourth-order valence-electron chi connectivity index (χ4n) is 1.57. The molecule has 19 heavy (non-hydrogen) atoms. The Morgan fingerprint density at radius 3 is 2.68 bits per heavy atom. The van der Waals surface area contributed by atoms with Crippen LogP contribution in [-0.4, -0.2) is 16.3 Å². The number of aromatic amines is 1. The van der Waals surface area contributed by atoms with Gasteiger partial charge in [0.15, 0.2) is 5.75 Å². The SMILES string of the molecule is Cc1[nH]cnc1CNc1ccccc1OC(F)(F)F. The molecule has 0 atom stereocenters. The van der Waals surface area contributed by atoms with Gasteiger partial charge in [0, 0.05) is 5.69 Å². The normalized spacial score (nSPS) is 11.4. The number of hydrogen-bond acceptors (Lipinski definition) is 3. The van der Waals surface area contributed by atoms with Gasteiger partial charge in [-0.15, -0.1) is 13.2 Å². The van der Waals surface area contributed by atoms with E-state index in [2.05, 4.69) is 20.0 Å². The predicted molar refractivity (Wildman–Crippen MR) is 63.8 cm³/mol. The average molecular weight is 271 g/mol. The second kappa shape index (κ2) is 5.21. The highest BCUT2D eigenvalue weighted by molar-refractivity contribution is 5.56. The number of alkyl halides is 3. The topological polar surface area (TPSA) is 49.9 Å². The first kappa shape index (κ1) is 13.3. The van der Waals surface area contributed by atoms with Gasteiger partial charge in [0.1, 0.15) is 0 Å². The lowest BCUT2D eigenvalue weighted by Gasteiger charge is -2.14. The number of H-pyrrole nitrogens is 1. The minimum atomic E-state index is -4.71. The van der Waals surface area contributed by atoms with E-state index in [1.54, 1.807) is 6.07 Å². The number of rotatable bonds is 4. The van der Waals surface area contributed by atoms with E-state index in [1.807, 2.05) is 6.92 Å². The Morgan fingerprint density at radius 2 is 2.05 bits per heavy atom. The van der Waals surface area contributed by atoms with Gasteiger partial charge in [-0.25, -0.2) is 4.98 Å². The maximum Gasteiger partial charge on any atom is 0.573 e. The molecule has 4 nitrogen and oxygen atoms in total. The minimum Gasteiger partial charge on any atom is -0.404 e. The van der Waals surface area contributed by atoms with Crippen LogP contribution >= 0.6 is 0 Å². The van der Waals surface area contributed by atoms with Gasteiger partial charge >= 0.3 is 6.36 Å². The van der Waals surface area contributed by atoms with E-state index < -0.39 is 6.36 Å². The summed E-state index contributed by atoms with van der Waals surface area (Å²) in [6, 6.07) is 5.88. The van der Waals surface area contributed by atoms with Crippen molar-refractivity contribution in [3.05, 3.63) is 42.0 Å². The van der Waals surface area contributed by atoms with E-state index in [0.717, 1.165) is 11.4 Å². The Morgan fingerprint density at radius 1 is 1.32 bits per heavy atom. The van der Waals surface area contributed by atoms with Gasteiger partial charge in [-0.1, -0.05) is 12.1 Å². The highest BCUT2D eigenvalue weighted by Crippen LogP contribution is 2.30. The summed E-state index contributed by atoms with van der Waals surface area (Å²) in [4.78, 5) is 6.95. The summed E-state index contributed by atoms with van der Waals surface area (Å²) >= 11 is 0. The molecule has 0 saturated carbocycles. The van der Waals surface area contributed by atoms with Gasteiger partial charge in [-0.3, -0.25) is 0 Å². The zero-order valence-electron chi connectivity index (χ0n) is 10.1. The van der Waals surface area contributed by atoms with Crippen LogP contribution < -0.4 is 10.1 Å². The smallest absolute Gasteiger partial charge is 0.404 e. The number of nitrogens with one attached hydrogen (secondary N) is 2. The summed E-state index contributed by atoms with van der Waals surface area (Å²) in [5.41, 5.74) is 1.87. The molecule has 1 heterocycles. The maximum absolute atomic E-state index is 12.2. The lowest BCUT2D eigenvalue weighted by Crippen LogP contribution is -2.18. The second-order valence-corrected chi connectivity index (χ2v) is 3.87. The third-order valence-electron chi connectivity index (χ3n) is 2.49. The molecule has 0 amide bonds. The van der Waals surface area contributed by atoms with Gasteiger partial charge in [-0.05, 0) is 19.1 Å². The number of aryl methyl sites for hydroxylation is 1. The van der Waals surface area contributed by atoms with E-state index in [4.69, 9.17) is 0 Å². The summed E-state index contributed by atoms with van der Waals surface area (Å²) in [7, 11) is 0. The molecule has 0 radical (unpaired) electrons. The van der Waals surface area contributed by atoms with Gasteiger partial charge in [0.05, 0.1) is 24.3 Å². The molecule has 2 aromatic rings. The standard InChI is InChI=1S/C12H12F3N3O/c1-8-10(18-7-17-8)6-16-9-4-2-3-5-11(9)19-12(13,14)15/h2-5,7,16H,6H2,1H3,(H,17,18). The Balaban J connectivity index is 2.10. The molecular weight excluding hydrogens is 259 g/mol. The van der Waals surface area contributed by atoms with Crippen LogP contribution in [0.2, 0.25) is 0 Å². The van der Waals surface area contributed by atoms with Crippen molar-refractivity contribution in [2.24, 2.45) is 0 Å². The quantitative estimate of drug-likeness (QED) is 0.897. The van der Waals surface area contributed by atoms with Crippen LogP contribution in [-0.2, 0) is 6.54 Å². The van der Waals surface area contributed by atoms with Crippen molar-refractivity contribution >= 4 is 5.69 Å². The Kier molecular flexibility index (Phi) is 3.64. The van der Waals surface area contributed by atoms with Crippen molar-refractivity contribution < 1.29 is 17.9 Å². The van der Waals surface area contributed by atoms with Crippen LogP contribution in [0.15, 0.2) is 30.6 Å². The number of nitrogens with zero attached hydrogens (tertiary/aromatic N) is 1. The number of benzene rings is 1. The number of aromatic nitrogens is 2. The molecule has 1 aromatic heterocycles. The first-order valence-corrected chi connectivity index (χ1v) is 5.53. The van der Waals surface area contributed by atoms with Crippen molar-refractivity contribution in [1.82, 2.24) is 9.97 Å². The van der Waals surface area contributed by atoms with Crippen molar-refractivity contribution in [3.63, 3.8) is 0 Å². The molecule has 0 aliphatic heterocycles. The molecular formula is C12H12F3N3O. The summed E-state index contributed by atoms with van der Waals surface area (Å²) in [6.45, 7) is 2.15. The predicted octanol–water partition coefficient (Wildman–Crippen LogP) is 3.23. The number of imidazole rings is 1. The first-order chi connectivity index (χ1) is 8.96. The Hall–Kier alpha value is -2.18. The van der Waals surface area contributed by atoms with Crippen LogP contribution in [0.5, 0.6) is 5.75 Å². The fourth-order valence-corrected chi connectivity index (χ4v) is 1.57. The van der Waals surface area contributed by atoms with Gasteiger partial charge in [0.25, 0.3) is 0 Å². The molecule has 0 aliphatic carbocycles. The van der Waals surface area contributed by atoms with Crippen molar-refractivity contribution in [3.8, 4) is 5.75 Å². The molecule has 2 rings (SSSR count). The van der Waals surface area contributed by atoms with Crippen LogP contribution in [0, 0.1) is 6.92 Å². The molecule has 0 bridgehead atoms. The average Bonchev–Trinajstić information content (AvgIpc) is 2.72. The van der Waals surface area contributed by atoms with Crippen molar-refractivity contribution in [1.29, 1.82) is 0 Å². The van der Waals surface area contributed by atoms with Gasteiger partial charge < -0.3 is 15.0 Å². The van der Waals surface area contributed by atoms with Crippen molar-refractivity contribution in [2.75, 3.05) is 5.32 Å². The maximum atomic E-state index is 12.2. The monoisotopic (exact) mass is 271 g/mol. The molecule has 0 aliphatic rings. The molecule has 0 saturated heterocycles. The van der Waals surface area contributed by atoms with E-state index in [1.165, 1.54) is 24.5 Å². The zero-order chi connectivity index (χ0) is 13.9. The van der Waals surface area contributed by atoms with Gasteiger partial charge in [0.2, 0.25) is 0 Å². The summed E-state index contributed by atoms with van der Waals surface area (Å²) < 4.78 is 40.6. The lowest BCUT2D eigenvalue weighted by atomic mass is 10.2. The molecule has 0 fully saturated rings. The van der Waals surface area contributed by atoms with E-state index in [9.17, 15) is 13.2 Å². The highest BCUT2D eigenvalue weighted by atomic mass is 19.4. The molecule has 1 aromatic carbocycles. The lowest BCUT2D eigenvalue weighted by molar-refractivity contribution is -0.274. The minimum absolute atomic E-state index is 0.261. The third kappa shape index (κ3) is 3.64. The van der Waals surface area contributed by atoms with Crippen LogP contribution in [0.3, 0.4) is 0 Å². The third-order valence-corrected chi connectivity index (χ3v) is 2.49. The molecule has 7 heteroatoms. The molecule has 0 spiro atoms. The number of hydrogen-bond donors (Lipinski definition) is 2. The Labute approximate surface area is 107 Å². The van der Waals surface area contributed by atoms with Crippen molar-refractivity contribution in [2.45, 2.75) is 19.8 Å². The Bertz CT molecular complexity index is 551. The number of anilines is 1. The van der Waals surface area contributed by atoms with E-state index in [-0.39, 0.29) is 11.4 Å². The number of halogens is 3. The molecule has 102 valence electrons. The highest BCUT2D eigenvalue weighted by Gasteiger charge is 2.32. The largest absolute Gasteiger partial charge is 0.573 e. The van der Waals surface area contributed by atoms with Crippen LogP contribution in [0.1, 0.15) is 11.4 Å². The molecule has 0 unspecified atom stereocenters. The first-order valence-electron chi connectivity index (χ1n) is 5.53. The van der Waals surface area contributed by atoms with E-state index in [0.29, 0.717) is 6.54 Å². The van der Waals surface area contributed by atoms with E-state index >= 15 is 0 Å². The zero-order valence-corrected chi connectivity index (χ0v) is 10.1. The number of ether oxygens (including phenoxy) is 1. The van der Waals surface area contributed by atoms with Crippen LogP contribution in [0.4, 0.5) is 18.9 Å². The summed E-state index contributed by atoms with van der Waals surface area (Å²) in [5, 5.41) is 2.87. The summed E-state index contributed by atoms with van der Waals surface area (Å²) in [6.07, 6.45) is -3.18. The fraction of sp³-hybridized carbons (Fsp3) is 0.250. The molecule has 2 N–H and O–H groups in total. The summed E-state index contributed by atoms with van der Waals surface area (Å²) in [5.74, 6) is -0.261. The van der Waals surface area contributed by atoms with Gasteiger partial charge in [-0.2, -0.15) is 0 Å². The second-order valence-electron chi connectivity index (χ2n) is 3.87. The number of para-hydroxylation sites is 2. The van der Waals surface area contributed by atoms with Crippen LogP contribution in [0.25, 0.3) is 0 Å².